The Morgan fingerprint density at radius 3 is 2.67 bits per heavy atom. The minimum Gasteiger partial charge on any atom is -0.493 e. The summed E-state index contributed by atoms with van der Waals surface area (Å²) in [5.74, 6) is 0.629. The summed E-state index contributed by atoms with van der Waals surface area (Å²) in [5, 5.41) is 2.84. The van der Waals surface area contributed by atoms with Crippen LogP contribution in [-0.2, 0) is 6.42 Å². The Kier molecular flexibility index (Phi) is 6.61. The van der Waals surface area contributed by atoms with E-state index in [2.05, 4.69) is 21.2 Å². The van der Waals surface area contributed by atoms with Gasteiger partial charge in [0.05, 0.1) is 18.2 Å². The van der Waals surface area contributed by atoms with Crippen LogP contribution in [-0.4, -0.2) is 26.2 Å². The van der Waals surface area contributed by atoms with Crippen LogP contribution in [0.2, 0.25) is 0 Å². The number of carbonyl (C=O) groups excluding carboxylic acids is 1. The van der Waals surface area contributed by atoms with Crippen molar-refractivity contribution >= 4 is 21.8 Å². The monoisotopic (exact) mass is 395 g/mol. The highest BCUT2D eigenvalue weighted by atomic mass is 79.9. The number of rotatable bonds is 7. The van der Waals surface area contributed by atoms with E-state index in [4.69, 9.17) is 9.47 Å². The van der Waals surface area contributed by atoms with Gasteiger partial charge < -0.3 is 14.8 Å². The summed E-state index contributed by atoms with van der Waals surface area (Å²) < 4.78 is 24.3. The van der Waals surface area contributed by atoms with Crippen molar-refractivity contribution in [1.82, 2.24) is 5.32 Å². The van der Waals surface area contributed by atoms with Crippen molar-refractivity contribution in [3.05, 3.63) is 57.8 Å². The molecule has 4 nitrogen and oxygen atoms in total. The minimum atomic E-state index is -0.301. The topological polar surface area (TPSA) is 47.6 Å². The fourth-order valence-electron chi connectivity index (χ4n) is 2.20. The van der Waals surface area contributed by atoms with Crippen molar-refractivity contribution < 1.29 is 18.7 Å². The molecule has 0 aliphatic carbocycles. The second-order valence-corrected chi connectivity index (χ2v) is 5.91. The van der Waals surface area contributed by atoms with E-state index in [1.54, 1.807) is 37.4 Å². The van der Waals surface area contributed by atoms with Crippen molar-refractivity contribution in [3.8, 4) is 11.5 Å². The Hall–Kier alpha value is -2.08. The van der Waals surface area contributed by atoms with Crippen LogP contribution in [0, 0.1) is 5.82 Å². The summed E-state index contributed by atoms with van der Waals surface area (Å²) in [5.41, 5.74) is 1.44. The molecule has 128 valence electrons. The molecule has 0 unspecified atom stereocenters. The van der Waals surface area contributed by atoms with Crippen LogP contribution in [0.15, 0.2) is 40.9 Å². The Morgan fingerprint density at radius 1 is 1.21 bits per heavy atom. The number of carbonyl (C=O) groups is 1. The van der Waals surface area contributed by atoms with E-state index < -0.39 is 0 Å². The molecule has 6 heteroatoms. The van der Waals surface area contributed by atoms with Crippen molar-refractivity contribution in [1.29, 1.82) is 0 Å². The number of nitrogens with one attached hydrogen (secondary N) is 1. The molecule has 0 fully saturated rings. The summed E-state index contributed by atoms with van der Waals surface area (Å²) in [6.07, 6.45) is 0.610. The molecule has 2 rings (SSSR count). The lowest BCUT2D eigenvalue weighted by Crippen LogP contribution is -2.25. The predicted octanol–water partition coefficient (Wildman–Crippen LogP) is 3.97. The third-order valence-corrected chi connectivity index (χ3v) is 4.02. The third kappa shape index (κ3) is 4.71. The first kappa shape index (κ1) is 18.3. The normalized spacial score (nSPS) is 10.3. The smallest absolute Gasteiger partial charge is 0.251 e. The van der Waals surface area contributed by atoms with E-state index in [-0.39, 0.29) is 11.7 Å². The average Bonchev–Trinajstić information content (AvgIpc) is 2.58. The first-order valence-corrected chi connectivity index (χ1v) is 8.37. The molecule has 1 amide bonds. The molecular formula is C18H19BrFNO3. The number of hydrogen-bond acceptors (Lipinski definition) is 3. The summed E-state index contributed by atoms with van der Waals surface area (Å²) in [4.78, 5) is 12.2. The summed E-state index contributed by atoms with van der Waals surface area (Å²) in [7, 11) is 1.55. The van der Waals surface area contributed by atoms with Gasteiger partial charge in [0.15, 0.2) is 11.5 Å². The van der Waals surface area contributed by atoms with E-state index in [1.165, 1.54) is 6.07 Å². The van der Waals surface area contributed by atoms with Crippen molar-refractivity contribution in [3.63, 3.8) is 0 Å². The number of benzene rings is 2. The highest BCUT2D eigenvalue weighted by molar-refractivity contribution is 9.10. The van der Waals surface area contributed by atoms with Gasteiger partial charge in [-0.1, -0.05) is 6.07 Å². The maximum atomic E-state index is 13.2. The Morgan fingerprint density at radius 2 is 2.00 bits per heavy atom. The van der Waals surface area contributed by atoms with Crippen LogP contribution >= 0.6 is 15.9 Å². The fraction of sp³-hybridized carbons (Fsp3) is 0.278. The van der Waals surface area contributed by atoms with Crippen molar-refractivity contribution in [2.45, 2.75) is 13.3 Å². The van der Waals surface area contributed by atoms with E-state index in [1.807, 2.05) is 6.92 Å². The zero-order chi connectivity index (χ0) is 17.5. The third-order valence-electron chi connectivity index (χ3n) is 3.41. The lowest BCUT2D eigenvalue weighted by atomic mass is 10.1. The molecule has 0 aliphatic heterocycles. The summed E-state index contributed by atoms with van der Waals surface area (Å²) >= 11 is 3.15. The molecule has 0 atom stereocenters. The fourth-order valence-corrected chi connectivity index (χ4v) is 2.63. The largest absolute Gasteiger partial charge is 0.493 e. The predicted molar refractivity (Wildman–Crippen MR) is 94.3 cm³/mol. The lowest BCUT2D eigenvalue weighted by Gasteiger charge is -2.11. The maximum Gasteiger partial charge on any atom is 0.251 e. The molecule has 0 saturated carbocycles. The molecule has 24 heavy (non-hydrogen) atoms. The molecule has 0 radical (unpaired) electrons. The van der Waals surface area contributed by atoms with Gasteiger partial charge in [0.2, 0.25) is 0 Å². The standard InChI is InChI=1S/C18H19BrFNO3/c1-3-24-17-11-13(5-7-16(17)23-2)18(22)21-9-8-12-4-6-15(20)14(19)10-12/h4-7,10-11H,3,8-9H2,1-2H3,(H,21,22). The molecular weight excluding hydrogens is 377 g/mol. The van der Waals surface area contributed by atoms with Gasteiger partial charge in [0, 0.05) is 12.1 Å². The van der Waals surface area contributed by atoms with E-state index >= 15 is 0 Å². The highest BCUT2D eigenvalue weighted by Crippen LogP contribution is 2.28. The SMILES string of the molecule is CCOc1cc(C(=O)NCCc2ccc(F)c(Br)c2)ccc1OC. The number of hydrogen-bond donors (Lipinski definition) is 1. The molecule has 1 N–H and O–H groups in total. The van der Waals surface area contributed by atoms with Crippen LogP contribution in [0.1, 0.15) is 22.8 Å². The van der Waals surface area contributed by atoms with Crippen molar-refractivity contribution in [2.75, 3.05) is 20.3 Å². The average molecular weight is 396 g/mol. The lowest BCUT2D eigenvalue weighted by molar-refractivity contribution is 0.0953. The van der Waals surface area contributed by atoms with Crippen molar-refractivity contribution in [2.24, 2.45) is 0 Å². The van der Waals surface area contributed by atoms with Crippen LogP contribution in [0.25, 0.3) is 0 Å². The number of amides is 1. The first-order valence-electron chi connectivity index (χ1n) is 7.58. The van der Waals surface area contributed by atoms with Gasteiger partial charge in [-0.05, 0) is 65.2 Å². The zero-order valence-corrected chi connectivity index (χ0v) is 15.2. The second-order valence-electron chi connectivity index (χ2n) is 5.05. The van der Waals surface area contributed by atoms with Gasteiger partial charge in [0.25, 0.3) is 5.91 Å². The van der Waals surface area contributed by atoms with Gasteiger partial charge >= 0.3 is 0 Å². The van der Waals surface area contributed by atoms with E-state index in [0.717, 1.165) is 5.56 Å². The summed E-state index contributed by atoms with van der Waals surface area (Å²) in [6.45, 7) is 2.81. The van der Waals surface area contributed by atoms with Crippen LogP contribution < -0.4 is 14.8 Å². The zero-order valence-electron chi connectivity index (χ0n) is 13.6. The quantitative estimate of drug-likeness (QED) is 0.771. The van der Waals surface area contributed by atoms with E-state index in [0.29, 0.717) is 41.1 Å². The van der Waals surface area contributed by atoms with Gasteiger partial charge in [0.1, 0.15) is 5.82 Å². The molecule has 0 spiro atoms. The maximum absolute atomic E-state index is 13.2. The van der Waals surface area contributed by atoms with Crippen LogP contribution in [0.5, 0.6) is 11.5 Å². The van der Waals surface area contributed by atoms with E-state index in [9.17, 15) is 9.18 Å². The Labute approximate surface area is 149 Å². The molecule has 0 saturated heterocycles. The van der Waals surface area contributed by atoms with Crippen LogP contribution in [0.3, 0.4) is 0 Å². The molecule has 2 aromatic rings. The first-order chi connectivity index (χ1) is 11.5. The summed E-state index contributed by atoms with van der Waals surface area (Å²) in [6, 6.07) is 9.86. The van der Waals surface area contributed by atoms with Gasteiger partial charge in [-0.15, -0.1) is 0 Å². The van der Waals surface area contributed by atoms with Gasteiger partial charge in [-0.2, -0.15) is 0 Å². The molecule has 2 aromatic carbocycles. The number of ether oxygens (including phenoxy) is 2. The second kappa shape index (κ2) is 8.68. The molecule has 0 aliphatic rings. The van der Waals surface area contributed by atoms with Gasteiger partial charge in [-0.3, -0.25) is 4.79 Å². The molecule has 0 heterocycles. The number of halogens is 2. The molecule has 0 aromatic heterocycles. The Bertz CT molecular complexity index is 721. The molecule has 0 bridgehead atoms. The number of methoxy groups -OCH3 is 1. The van der Waals surface area contributed by atoms with Gasteiger partial charge in [-0.25, -0.2) is 4.39 Å². The van der Waals surface area contributed by atoms with Crippen LogP contribution in [0.4, 0.5) is 4.39 Å². The Balaban J connectivity index is 1.96. The highest BCUT2D eigenvalue weighted by Gasteiger charge is 2.11. The minimum absolute atomic E-state index is 0.195.